The molecular formula is C14H18N4OS2. The van der Waals surface area contributed by atoms with Crippen molar-refractivity contribution in [1.82, 2.24) is 15.2 Å². The van der Waals surface area contributed by atoms with Gasteiger partial charge in [-0.25, -0.2) is 0 Å². The quantitative estimate of drug-likeness (QED) is 0.757. The van der Waals surface area contributed by atoms with E-state index in [1.165, 1.54) is 11.3 Å². The molecule has 0 saturated carbocycles. The lowest BCUT2D eigenvalue weighted by atomic mass is 10.3. The minimum absolute atomic E-state index is 0.000797. The average molecular weight is 322 g/mol. The van der Waals surface area contributed by atoms with Gasteiger partial charge in [0, 0.05) is 24.1 Å². The van der Waals surface area contributed by atoms with E-state index in [1.54, 1.807) is 18.0 Å². The van der Waals surface area contributed by atoms with Gasteiger partial charge >= 0.3 is 0 Å². The van der Waals surface area contributed by atoms with Gasteiger partial charge in [-0.2, -0.15) is 11.8 Å². The Labute approximate surface area is 132 Å². The first-order valence-electron chi connectivity index (χ1n) is 6.88. The molecule has 0 aliphatic rings. The molecule has 0 bridgehead atoms. The van der Waals surface area contributed by atoms with Crippen molar-refractivity contribution in [3.63, 3.8) is 0 Å². The Balaban J connectivity index is 1.59. The summed E-state index contributed by atoms with van der Waals surface area (Å²) in [7, 11) is 0. The molecule has 0 aliphatic carbocycles. The molecule has 0 spiro atoms. The normalized spacial score (nSPS) is 10.5. The maximum atomic E-state index is 11.7. The first-order chi connectivity index (χ1) is 10.3. The number of pyridine rings is 1. The van der Waals surface area contributed by atoms with Gasteiger partial charge in [0.25, 0.3) is 0 Å². The van der Waals surface area contributed by atoms with Gasteiger partial charge in [0.05, 0.1) is 0 Å². The van der Waals surface area contributed by atoms with E-state index in [1.807, 2.05) is 25.1 Å². The molecule has 0 aromatic carbocycles. The second kappa shape index (κ2) is 8.74. The van der Waals surface area contributed by atoms with Gasteiger partial charge in [-0.05, 0) is 30.7 Å². The molecule has 5 nitrogen and oxygen atoms in total. The number of carbonyl (C=O) groups excluding carboxylic acids is 1. The number of aromatic nitrogens is 3. The largest absolute Gasteiger partial charge is 0.301 e. The predicted octanol–water partition coefficient (Wildman–Crippen LogP) is 2.80. The number of aryl methyl sites for hydroxylation is 2. The summed E-state index contributed by atoms with van der Waals surface area (Å²) < 4.78 is 0. The molecule has 1 N–H and O–H groups in total. The van der Waals surface area contributed by atoms with Crippen LogP contribution >= 0.6 is 23.1 Å². The van der Waals surface area contributed by atoms with E-state index >= 15 is 0 Å². The first-order valence-corrected chi connectivity index (χ1v) is 8.85. The summed E-state index contributed by atoms with van der Waals surface area (Å²) in [6.07, 6.45) is 4.08. The van der Waals surface area contributed by atoms with Gasteiger partial charge in [-0.3, -0.25) is 9.78 Å². The van der Waals surface area contributed by atoms with Crippen molar-refractivity contribution < 1.29 is 4.79 Å². The molecule has 2 heterocycles. The minimum atomic E-state index is -0.000797. The highest BCUT2D eigenvalue weighted by molar-refractivity contribution is 7.99. The lowest BCUT2D eigenvalue weighted by Crippen LogP contribution is -2.12. The lowest BCUT2D eigenvalue weighted by molar-refractivity contribution is -0.115. The molecule has 21 heavy (non-hydrogen) atoms. The summed E-state index contributed by atoms with van der Waals surface area (Å²) in [5.74, 6) is 1.78. The van der Waals surface area contributed by atoms with Gasteiger partial charge in [0.2, 0.25) is 11.0 Å². The highest BCUT2D eigenvalue weighted by Gasteiger charge is 2.07. The first kappa shape index (κ1) is 15.9. The molecule has 0 aliphatic heterocycles. The van der Waals surface area contributed by atoms with E-state index in [-0.39, 0.29) is 5.91 Å². The molecular weight excluding hydrogens is 304 g/mol. The number of nitrogens with one attached hydrogen (secondary N) is 1. The lowest BCUT2D eigenvalue weighted by Gasteiger charge is -2.02. The Kier molecular flexibility index (Phi) is 6.62. The maximum Gasteiger partial charge on any atom is 0.227 e. The van der Waals surface area contributed by atoms with Crippen LogP contribution in [0.2, 0.25) is 0 Å². The smallest absolute Gasteiger partial charge is 0.227 e. The third-order valence-electron chi connectivity index (χ3n) is 2.72. The predicted molar refractivity (Wildman–Crippen MR) is 87.8 cm³/mol. The van der Waals surface area contributed by atoms with Crippen LogP contribution in [-0.4, -0.2) is 32.6 Å². The number of carbonyl (C=O) groups is 1. The molecule has 0 atom stereocenters. The van der Waals surface area contributed by atoms with Crippen LogP contribution in [0.3, 0.4) is 0 Å². The molecule has 0 saturated heterocycles. The van der Waals surface area contributed by atoms with E-state index in [0.29, 0.717) is 11.6 Å². The molecule has 7 heteroatoms. The summed E-state index contributed by atoms with van der Waals surface area (Å²) in [5, 5.41) is 12.2. The fourth-order valence-corrected chi connectivity index (χ4v) is 3.20. The molecule has 0 fully saturated rings. The molecule has 1 amide bonds. The number of rotatable bonds is 8. The topological polar surface area (TPSA) is 67.8 Å². The van der Waals surface area contributed by atoms with Crippen molar-refractivity contribution in [2.24, 2.45) is 0 Å². The number of thioether (sulfide) groups is 1. The van der Waals surface area contributed by atoms with Crippen molar-refractivity contribution in [2.75, 3.05) is 16.8 Å². The summed E-state index contributed by atoms with van der Waals surface area (Å²) in [5.41, 5.74) is 1.09. The standard InChI is InChI=1S/C14H18N4OS2/c1-2-13-17-18-14(21-13)16-12(19)7-10-20-9-6-11-5-3-4-8-15-11/h3-5,8H,2,6-7,9-10H2,1H3,(H,16,18,19). The van der Waals surface area contributed by atoms with E-state index in [9.17, 15) is 4.79 Å². The Morgan fingerprint density at radius 1 is 1.33 bits per heavy atom. The van der Waals surface area contributed by atoms with Gasteiger partial charge in [0.15, 0.2) is 0 Å². The number of hydrogen-bond acceptors (Lipinski definition) is 6. The van der Waals surface area contributed by atoms with Crippen LogP contribution in [-0.2, 0) is 17.6 Å². The number of anilines is 1. The summed E-state index contributed by atoms with van der Waals surface area (Å²) >= 11 is 3.20. The van der Waals surface area contributed by atoms with Crippen molar-refractivity contribution in [2.45, 2.75) is 26.2 Å². The third-order valence-corrected chi connectivity index (χ3v) is 4.69. The fourth-order valence-electron chi connectivity index (χ4n) is 1.62. The van der Waals surface area contributed by atoms with Crippen LogP contribution in [0.4, 0.5) is 5.13 Å². The van der Waals surface area contributed by atoms with Crippen LogP contribution < -0.4 is 5.32 Å². The van der Waals surface area contributed by atoms with Gasteiger partial charge in [-0.1, -0.05) is 24.3 Å². The van der Waals surface area contributed by atoms with Crippen LogP contribution in [0.5, 0.6) is 0 Å². The van der Waals surface area contributed by atoms with Crippen LogP contribution in [0.15, 0.2) is 24.4 Å². The van der Waals surface area contributed by atoms with E-state index in [0.717, 1.165) is 35.0 Å². The van der Waals surface area contributed by atoms with Crippen LogP contribution in [0.25, 0.3) is 0 Å². The van der Waals surface area contributed by atoms with Crippen molar-refractivity contribution in [3.05, 3.63) is 35.1 Å². The van der Waals surface area contributed by atoms with Gasteiger partial charge in [-0.15, -0.1) is 10.2 Å². The highest BCUT2D eigenvalue weighted by atomic mass is 32.2. The molecule has 2 rings (SSSR count). The maximum absolute atomic E-state index is 11.7. The van der Waals surface area contributed by atoms with Gasteiger partial charge in [0.1, 0.15) is 5.01 Å². The third kappa shape index (κ3) is 5.81. The zero-order valence-electron chi connectivity index (χ0n) is 11.9. The Morgan fingerprint density at radius 3 is 2.95 bits per heavy atom. The summed E-state index contributed by atoms with van der Waals surface area (Å²) in [6, 6.07) is 5.93. The Hall–Kier alpha value is -1.47. The molecule has 0 radical (unpaired) electrons. The summed E-state index contributed by atoms with van der Waals surface area (Å²) in [4.78, 5) is 16.0. The Morgan fingerprint density at radius 2 is 2.24 bits per heavy atom. The van der Waals surface area contributed by atoms with Crippen molar-refractivity contribution >= 4 is 34.1 Å². The highest BCUT2D eigenvalue weighted by Crippen LogP contribution is 2.16. The number of nitrogens with zero attached hydrogens (tertiary/aromatic N) is 3. The molecule has 112 valence electrons. The zero-order chi connectivity index (χ0) is 14.9. The number of hydrogen-bond donors (Lipinski definition) is 1. The van der Waals surface area contributed by atoms with Crippen molar-refractivity contribution in [1.29, 1.82) is 0 Å². The second-order valence-electron chi connectivity index (χ2n) is 4.34. The second-order valence-corrected chi connectivity index (χ2v) is 6.62. The SMILES string of the molecule is CCc1nnc(NC(=O)CCSCCc2ccccn2)s1. The zero-order valence-corrected chi connectivity index (χ0v) is 13.5. The Bertz CT molecular complexity index is 559. The van der Waals surface area contributed by atoms with Crippen LogP contribution in [0.1, 0.15) is 24.0 Å². The van der Waals surface area contributed by atoms with E-state index < -0.39 is 0 Å². The monoisotopic (exact) mass is 322 g/mol. The van der Waals surface area contributed by atoms with Crippen molar-refractivity contribution in [3.8, 4) is 0 Å². The fraction of sp³-hybridized carbons (Fsp3) is 0.429. The summed E-state index contributed by atoms with van der Waals surface area (Å²) in [6.45, 7) is 2.02. The minimum Gasteiger partial charge on any atom is -0.301 e. The van der Waals surface area contributed by atoms with E-state index in [4.69, 9.17) is 0 Å². The molecule has 2 aromatic heterocycles. The van der Waals surface area contributed by atoms with E-state index in [2.05, 4.69) is 20.5 Å². The number of amides is 1. The average Bonchev–Trinajstić information content (AvgIpc) is 2.95. The molecule has 2 aromatic rings. The van der Waals surface area contributed by atoms with Gasteiger partial charge < -0.3 is 5.32 Å². The van der Waals surface area contributed by atoms with Crippen LogP contribution in [0, 0.1) is 0 Å². The molecule has 0 unspecified atom stereocenters.